The minimum Gasteiger partial charge on any atom is -0.388 e. The van der Waals surface area contributed by atoms with E-state index in [4.69, 9.17) is 16.1 Å². The lowest BCUT2D eigenvalue weighted by molar-refractivity contribution is 0.174. The molecule has 0 aliphatic carbocycles. The zero-order chi connectivity index (χ0) is 18.0. The number of aliphatic hydroxyl groups excluding tert-OH is 1. The highest BCUT2D eigenvalue weighted by Gasteiger charge is 2.15. The van der Waals surface area contributed by atoms with Gasteiger partial charge in [0.1, 0.15) is 6.54 Å². The van der Waals surface area contributed by atoms with Gasteiger partial charge in [0.15, 0.2) is 5.82 Å². The smallest absolute Gasteiger partial charge is 0.331 e. The van der Waals surface area contributed by atoms with E-state index < -0.39 is 17.4 Å². The number of nitrogens with zero attached hydrogens (tertiary/aromatic N) is 4. The summed E-state index contributed by atoms with van der Waals surface area (Å²) in [7, 11) is 1.54. The quantitative estimate of drug-likeness (QED) is 0.723. The number of rotatable bonds is 5. The van der Waals surface area contributed by atoms with Gasteiger partial charge < -0.3 is 14.2 Å². The van der Waals surface area contributed by atoms with Gasteiger partial charge in [-0.05, 0) is 17.7 Å². The molecule has 0 radical (unpaired) electrons. The molecule has 1 aromatic carbocycles. The fraction of sp³-hybridized carbons (Fsp3) is 0.250. The summed E-state index contributed by atoms with van der Waals surface area (Å²) in [6, 6.07) is 8.06. The molecule has 0 amide bonds. The highest BCUT2D eigenvalue weighted by molar-refractivity contribution is 6.30. The van der Waals surface area contributed by atoms with Crippen LogP contribution >= 0.6 is 11.6 Å². The number of aryl methyl sites for hydroxylation is 1. The summed E-state index contributed by atoms with van der Waals surface area (Å²) in [6.45, 7) is -0.129. The number of hydrogen-bond acceptors (Lipinski definition) is 6. The molecular weight excluding hydrogens is 348 g/mol. The first-order chi connectivity index (χ1) is 11.9. The summed E-state index contributed by atoms with van der Waals surface area (Å²) in [4.78, 5) is 27.9. The van der Waals surface area contributed by atoms with Crippen molar-refractivity contribution >= 4 is 11.6 Å². The Morgan fingerprint density at radius 1 is 1.24 bits per heavy atom. The molecule has 0 bridgehead atoms. The number of aliphatic hydroxyl groups is 1. The van der Waals surface area contributed by atoms with Crippen molar-refractivity contribution in [2.24, 2.45) is 7.05 Å². The van der Waals surface area contributed by atoms with Crippen LogP contribution in [0.15, 0.2) is 50.6 Å². The van der Waals surface area contributed by atoms with Crippen LogP contribution in [-0.2, 0) is 20.0 Å². The van der Waals surface area contributed by atoms with E-state index in [0.29, 0.717) is 10.6 Å². The number of hydrogen-bond donors (Lipinski definition) is 1. The molecule has 25 heavy (non-hydrogen) atoms. The standard InChI is InChI=1S/C16H15ClN4O4/c1-20-7-6-15(23)21(16(20)24)9-14-18-13(19-25-14)8-12(22)10-2-4-11(17)5-3-10/h2-7,12,22H,8-9H2,1H3/t12-/m0/s1. The largest absolute Gasteiger partial charge is 0.388 e. The van der Waals surface area contributed by atoms with Crippen molar-refractivity contribution in [3.63, 3.8) is 0 Å². The van der Waals surface area contributed by atoms with Crippen molar-refractivity contribution in [2.75, 3.05) is 0 Å². The lowest BCUT2D eigenvalue weighted by atomic mass is 10.1. The van der Waals surface area contributed by atoms with Crippen molar-refractivity contribution in [1.29, 1.82) is 0 Å². The summed E-state index contributed by atoms with van der Waals surface area (Å²) < 4.78 is 7.35. The van der Waals surface area contributed by atoms with Crippen molar-refractivity contribution < 1.29 is 9.63 Å². The zero-order valence-corrected chi connectivity index (χ0v) is 14.1. The van der Waals surface area contributed by atoms with Crippen molar-refractivity contribution in [2.45, 2.75) is 19.1 Å². The van der Waals surface area contributed by atoms with Gasteiger partial charge in [0.05, 0.1) is 6.10 Å². The molecule has 0 aliphatic heterocycles. The second-order valence-electron chi connectivity index (χ2n) is 5.51. The molecule has 8 nitrogen and oxygen atoms in total. The molecule has 0 saturated heterocycles. The average Bonchev–Trinajstić information content (AvgIpc) is 3.03. The lowest BCUT2D eigenvalue weighted by Crippen LogP contribution is -2.38. The topological polar surface area (TPSA) is 103 Å². The Bertz CT molecular complexity index is 990. The molecule has 0 aliphatic rings. The SMILES string of the molecule is Cn1ccc(=O)n(Cc2nc(C[C@H](O)c3ccc(Cl)cc3)no2)c1=O. The van der Waals surface area contributed by atoms with Crippen LogP contribution in [0.4, 0.5) is 0 Å². The average molecular weight is 363 g/mol. The molecule has 0 unspecified atom stereocenters. The number of benzene rings is 1. The zero-order valence-electron chi connectivity index (χ0n) is 13.3. The van der Waals surface area contributed by atoms with Crippen LogP contribution in [0.5, 0.6) is 0 Å². The fourth-order valence-corrected chi connectivity index (χ4v) is 2.43. The Morgan fingerprint density at radius 2 is 1.96 bits per heavy atom. The molecule has 9 heteroatoms. The highest BCUT2D eigenvalue weighted by atomic mass is 35.5. The van der Waals surface area contributed by atoms with Crippen molar-refractivity contribution in [3.8, 4) is 0 Å². The summed E-state index contributed by atoms with van der Waals surface area (Å²) in [5, 5.41) is 14.6. The van der Waals surface area contributed by atoms with Crippen molar-refractivity contribution in [3.05, 3.63) is 79.7 Å². The van der Waals surface area contributed by atoms with Crippen LogP contribution in [-0.4, -0.2) is 24.4 Å². The van der Waals surface area contributed by atoms with Crippen LogP contribution in [0.2, 0.25) is 5.02 Å². The molecule has 1 N–H and O–H groups in total. The summed E-state index contributed by atoms with van der Waals surface area (Å²) in [5.41, 5.74) is -0.263. The predicted octanol–water partition coefficient (Wildman–Crippen LogP) is 0.908. The third-order valence-corrected chi connectivity index (χ3v) is 3.93. The molecule has 0 saturated carbocycles. The minimum absolute atomic E-state index is 0.115. The molecule has 1 atom stereocenters. The van der Waals surface area contributed by atoms with Gasteiger partial charge in [0.2, 0.25) is 5.89 Å². The Hall–Kier alpha value is -2.71. The highest BCUT2D eigenvalue weighted by Crippen LogP contribution is 2.19. The van der Waals surface area contributed by atoms with Crippen LogP contribution < -0.4 is 11.2 Å². The van der Waals surface area contributed by atoms with Gasteiger partial charge in [0.25, 0.3) is 5.56 Å². The van der Waals surface area contributed by atoms with E-state index in [9.17, 15) is 14.7 Å². The number of halogens is 1. The van der Waals surface area contributed by atoms with E-state index in [1.807, 2.05) is 0 Å². The molecular formula is C16H15ClN4O4. The first-order valence-corrected chi connectivity index (χ1v) is 7.83. The summed E-state index contributed by atoms with van der Waals surface area (Å²) >= 11 is 5.82. The second-order valence-corrected chi connectivity index (χ2v) is 5.95. The van der Waals surface area contributed by atoms with Gasteiger partial charge in [-0.2, -0.15) is 4.98 Å². The van der Waals surface area contributed by atoms with Crippen LogP contribution in [0, 0.1) is 0 Å². The van der Waals surface area contributed by atoms with Crippen molar-refractivity contribution in [1.82, 2.24) is 19.3 Å². The molecule has 0 spiro atoms. The lowest BCUT2D eigenvalue weighted by Gasteiger charge is -2.08. The van der Waals surface area contributed by atoms with Gasteiger partial charge in [-0.3, -0.25) is 9.36 Å². The van der Waals surface area contributed by atoms with Crippen LogP contribution in [0.3, 0.4) is 0 Å². The predicted molar refractivity (Wildman–Crippen MR) is 89.5 cm³/mol. The van der Waals surface area contributed by atoms with Gasteiger partial charge in [0, 0.05) is 30.8 Å². The second kappa shape index (κ2) is 7.04. The van der Waals surface area contributed by atoms with E-state index in [0.717, 1.165) is 4.57 Å². The molecule has 0 fully saturated rings. The Morgan fingerprint density at radius 3 is 2.68 bits per heavy atom. The normalized spacial score (nSPS) is 12.3. The monoisotopic (exact) mass is 362 g/mol. The third-order valence-electron chi connectivity index (χ3n) is 3.67. The first-order valence-electron chi connectivity index (χ1n) is 7.45. The van der Waals surface area contributed by atoms with E-state index >= 15 is 0 Å². The maximum absolute atomic E-state index is 12.0. The summed E-state index contributed by atoms with van der Waals surface area (Å²) in [6.07, 6.45) is 0.699. The van der Waals surface area contributed by atoms with Crippen LogP contribution in [0.25, 0.3) is 0 Å². The van der Waals surface area contributed by atoms with Gasteiger partial charge >= 0.3 is 5.69 Å². The maximum Gasteiger partial charge on any atom is 0.331 e. The van der Waals surface area contributed by atoms with Crippen LogP contribution in [0.1, 0.15) is 23.4 Å². The summed E-state index contributed by atoms with van der Waals surface area (Å²) in [5.74, 6) is 0.391. The molecule has 130 valence electrons. The number of aromatic nitrogens is 4. The maximum atomic E-state index is 12.0. The third kappa shape index (κ3) is 3.86. The van der Waals surface area contributed by atoms with E-state index in [1.54, 1.807) is 31.3 Å². The van der Waals surface area contributed by atoms with Gasteiger partial charge in [-0.15, -0.1) is 0 Å². The molecule has 2 heterocycles. The molecule has 2 aromatic heterocycles. The van der Waals surface area contributed by atoms with Gasteiger partial charge in [-0.1, -0.05) is 28.9 Å². The molecule has 3 rings (SSSR count). The van der Waals surface area contributed by atoms with E-state index in [-0.39, 0.29) is 24.7 Å². The van der Waals surface area contributed by atoms with E-state index in [1.165, 1.54) is 16.8 Å². The van der Waals surface area contributed by atoms with E-state index in [2.05, 4.69) is 10.1 Å². The Labute approximate surface area is 146 Å². The first kappa shape index (κ1) is 17.1. The van der Waals surface area contributed by atoms with Gasteiger partial charge in [-0.25, -0.2) is 4.79 Å². The Kier molecular flexibility index (Phi) is 4.82. The fourth-order valence-electron chi connectivity index (χ4n) is 2.31. The Balaban J connectivity index is 1.75. The molecule has 3 aromatic rings. The minimum atomic E-state index is -0.824.